The zero-order chi connectivity index (χ0) is 21.8. The predicted molar refractivity (Wildman–Crippen MR) is 113 cm³/mol. The van der Waals surface area contributed by atoms with Gasteiger partial charge in [0.1, 0.15) is 5.52 Å². The number of nitrogens with one attached hydrogen (secondary N) is 2. The summed E-state index contributed by atoms with van der Waals surface area (Å²) in [6.45, 7) is 0. The average Bonchev–Trinajstić information content (AvgIpc) is 3.21. The largest absolute Gasteiger partial charge is 0.465 e. The lowest BCUT2D eigenvalue weighted by Gasteiger charge is -2.18. The second kappa shape index (κ2) is 8.46. The number of carbonyl (C=O) groups is 3. The molecule has 3 aromatic carbocycles. The van der Waals surface area contributed by atoms with Crippen molar-refractivity contribution in [2.75, 3.05) is 5.32 Å². The van der Waals surface area contributed by atoms with Gasteiger partial charge in [-0.15, -0.1) is 5.10 Å². The van der Waals surface area contributed by atoms with Crippen molar-refractivity contribution < 1.29 is 19.5 Å². The minimum absolute atomic E-state index is 0.253. The summed E-state index contributed by atoms with van der Waals surface area (Å²) in [5.74, 6) is -0.989. The van der Waals surface area contributed by atoms with E-state index in [1.54, 1.807) is 78.9 Å². The van der Waals surface area contributed by atoms with Gasteiger partial charge in [-0.1, -0.05) is 59.8 Å². The molecule has 1 heterocycles. The molecule has 0 spiro atoms. The molecular formula is C22H17N5O4. The summed E-state index contributed by atoms with van der Waals surface area (Å²) in [6.07, 6.45) is -2.81. The highest BCUT2D eigenvalue weighted by Crippen LogP contribution is 2.21. The molecular weight excluding hydrogens is 398 g/mol. The summed E-state index contributed by atoms with van der Waals surface area (Å²) in [5.41, 5.74) is 1.98. The molecule has 3 N–H and O–H groups in total. The van der Waals surface area contributed by atoms with E-state index >= 15 is 0 Å². The normalized spacial score (nSPS) is 11.6. The van der Waals surface area contributed by atoms with Crippen molar-refractivity contribution in [2.24, 2.45) is 0 Å². The lowest BCUT2D eigenvalue weighted by molar-refractivity contribution is -0.120. The predicted octanol–water partition coefficient (Wildman–Crippen LogP) is 3.07. The van der Waals surface area contributed by atoms with Gasteiger partial charge >= 0.3 is 6.09 Å². The Kier molecular flexibility index (Phi) is 5.39. The lowest BCUT2D eigenvalue weighted by Crippen LogP contribution is -2.40. The number of hydrogen-bond acceptors (Lipinski definition) is 5. The second-order valence-electron chi connectivity index (χ2n) is 6.60. The van der Waals surface area contributed by atoms with Crippen LogP contribution in [0.25, 0.3) is 11.0 Å². The number of rotatable bonds is 6. The van der Waals surface area contributed by atoms with Crippen molar-refractivity contribution in [3.8, 4) is 0 Å². The van der Waals surface area contributed by atoms with Crippen LogP contribution in [0.2, 0.25) is 0 Å². The molecule has 0 saturated heterocycles. The van der Waals surface area contributed by atoms with Crippen LogP contribution in [-0.4, -0.2) is 37.9 Å². The minimum Gasteiger partial charge on any atom is -0.465 e. The molecule has 0 radical (unpaired) electrons. The highest BCUT2D eigenvalue weighted by molar-refractivity contribution is 6.14. The molecule has 2 amide bonds. The molecule has 9 nitrogen and oxygen atoms in total. The minimum atomic E-state index is -1.41. The van der Waals surface area contributed by atoms with Crippen molar-refractivity contribution in [1.29, 1.82) is 0 Å². The first-order valence-corrected chi connectivity index (χ1v) is 9.33. The van der Waals surface area contributed by atoms with E-state index in [-0.39, 0.29) is 17.0 Å². The number of hydrogen-bond donors (Lipinski definition) is 3. The number of fused-ring (bicyclic) bond motifs is 1. The first-order chi connectivity index (χ1) is 15.0. The monoisotopic (exact) mass is 415 g/mol. The van der Waals surface area contributed by atoms with Crippen molar-refractivity contribution in [3.05, 3.63) is 90.0 Å². The standard InChI is InChI=1S/C22H17N5O4/c28-19(14-8-2-1-3-9-14)15-10-4-5-11-16(15)23-21(29)20(24-22(30)31)27-18-13-7-6-12-17(18)25-26-27/h1-13,20,24H,(H,23,29)(H,30,31). The van der Waals surface area contributed by atoms with E-state index in [0.29, 0.717) is 16.6 Å². The molecule has 0 saturated carbocycles. The summed E-state index contributed by atoms with van der Waals surface area (Å²) < 4.78 is 1.18. The van der Waals surface area contributed by atoms with E-state index in [0.717, 1.165) is 0 Å². The summed E-state index contributed by atoms with van der Waals surface area (Å²) in [7, 11) is 0. The van der Waals surface area contributed by atoms with Crippen LogP contribution in [0.15, 0.2) is 78.9 Å². The van der Waals surface area contributed by atoms with Crippen molar-refractivity contribution >= 4 is 34.5 Å². The summed E-state index contributed by atoms with van der Waals surface area (Å²) in [6, 6.07) is 22.0. The molecule has 0 aliphatic heterocycles. The fourth-order valence-corrected chi connectivity index (χ4v) is 3.17. The molecule has 1 unspecified atom stereocenters. The zero-order valence-corrected chi connectivity index (χ0v) is 16.1. The smallest absolute Gasteiger partial charge is 0.406 e. The second-order valence-corrected chi connectivity index (χ2v) is 6.60. The topological polar surface area (TPSA) is 126 Å². The van der Waals surface area contributed by atoms with E-state index in [1.165, 1.54) is 4.68 Å². The number of amides is 2. The van der Waals surface area contributed by atoms with Crippen LogP contribution in [0.3, 0.4) is 0 Å². The summed E-state index contributed by atoms with van der Waals surface area (Å²) in [4.78, 5) is 37.3. The Morgan fingerprint density at radius 1 is 0.871 bits per heavy atom. The van der Waals surface area contributed by atoms with Crippen LogP contribution in [-0.2, 0) is 4.79 Å². The van der Waals surface area contributed by atoms with Crippen molar-refractivity contribution in [2.45, 2.75) is 6.17 Å². The average molecular weight is 415 g/mol. The molecule has 0 bridgehead atoms. The van der Waals surface area contributed by atoms with Crippen LogP contribution < -0.4 is 10.6 Å². The van der Waals surface area contributed by atoms with Gasteiger partial charge in [0.15, 0.2) is 5.78 Å². The van der Waals surface area contributed by atoms with Gasteiger partial charge in [-0.2, -0.15) is 0 Å². The molecule has 0 aliphatic rings. The van der Waals surface area contributed by atoms with E-state index in [4.69, 9.17) is 0 Å². The summed E-state index contributed by atoms with van der Waals surface area (Å²) in [5, 5.41) is 22.0. The first kappa shape index (κ1) is 19.8. The van der Waals surface area contributed by atoms with Crippen LogP contribution in [0.4, 0.5) is 10.5 Å². The molecule has 1 aromatic heterocycles. The Bertz CT molecular complexity index is 1270. The molecule has 1 atom stereocenters. The number of carboxylic acid groups (broad SMARTS) is 1. The van der Waals surface area contributed by atoms with Gasteiger partial charge in [0.2, 0.25) is 6.17 Å². The highest BCUT2D eigenvalue weighted by Gasteiger charge is 2.27. The molecule has 0 fully saturated rings. The fraction of sp³-hybridized carbons (Fsp3) is 0.0455. The molecule has 154 valence electrons. The lowest BCUT2D eigenvalue weighted by atomic mass is 10.0. The Balaban J connectivity index is 1.67. The Morgan fingerprint density at radius 2 is 1.55 bits per heavy atom. The van der Waals surface area contributed by atoms with E-state index in [9.17, 15) is 19.5 Å². The van der Waals surface area contributed by atoms with Crippen LogP contribution in [0, 0.1) is 0 Å². The Labute approximate surface area is 176 Å². The zero-order valence-electron chi connectivity index (χ0n) is 16.1. The van der Waals surface area contributed by atoms with Gasteiger partial charge in [0.05, 0.1) is 11.2 Å². The van der Waals surface area contributed by atoms with Gasteiger partial charge in [-0.3, -0.25) is 14.9 Å². The molecule has 0 aliphatic carbocycles. The number of ketones is 1. The van der Waals surface area contributed by atoms with Crippen LogP contribution in [0.1, 0.15) is 22.1 Å². The maximum Gasteiger partial charge on any atom is 0.406 e. The number of anilines is 1. The van der Waals surface area contributed by atoms with E-state index < -0.39 is 18.2 Å². The van der Waals surface area contributed by atoms with Gasteiger partial charge in [-0.05, 0) is 24.3 Å². The third-order valence-electron chi connectivity index (χ3n) is 4.60. The van der Waals surface area contributed by atoms with E-state index in [2.05, 4.69) is 20.9 Å². The molecule has 9 heteroatoms. The number of para-hydroxylation sites is 2. The van der Waals surface area contributed by atoms with Gasteiger partial charge in [-0.25, -0.2) is 9.48 Å². The molecule has 31 heavy (non-hydrogen) atoms. The number of nitrogens with zero attached hydrogens (tertiary/aromatic N) is 3. The summed E-state index contributed by atoms with van der Waals surface area (Å²) >= 11 is 0. The van der Waals surface area contributed by atoms with Crippen LogP contribution >= 0.6 is 0 Å². The number of benzene rings is 3. The SMILES string of the molecule is O=C(O)NC(C(=O)Nc1ccccc1C(=O)c1ccccc1)n1nnc2ccccc21. The molecule has 4 aromatic rings. The first-order valence-electron chi connectivity index (χ1n) is 9.33. The Morgan fingerprint density at radius 3 is 2.32 bits per heavy atom. The Hall–Kier alpha value is -4.53. The number of aromatic nitrogens is 3. The maximum absolute atomic E-state index is 13.1. The number of carbonyl (C=O) groups excluding carboxylic acids is 2. The van der Waals surface area contributed by atoms with Gasteiger partial charge < -0.3 is 10.4 Å². The van der Waals surface area contributed by atoms with Crippen molar-refractivity contribution in [1.82, 2.24) is 20.3 Å². The fourth-order valence-electron chi connectivity index (χ4n) is 3.17. The van der Waals surface area contributed by atoms with Crippen molar-refractivity contribution in [3.63, 3.8) is 0 Å². The molecule has 4 rings (SSSR count). The quantitative estimate of drug-likeness (QED) is 0.416. The highest BCUT2D eigenvalue weighted by atomic mass is 16.4. The third kappa shape index (κ3) is 4.10. The van der Waals surface area contributed by atoms with Crippen LogP contribution in [0.5, 0.6) is 0 Å². The third-order valence-corrected chi connectivity index (χ3v) is 4.60. The van der Waals surface area contributed by atoms with E-state index in [1.807, 2.05) is 0 Å². The maximum atomic E-state index is 13.1. The van der Waals surface area contributed by atoms with Gasteiger partial charge in [0, 0.05) is 11.1 Å². The van der Waals surface area contributed by atoms with Gasteiger partial charge in [0.25, 0.3) is 5.91 Å².